The van der Waals surface area contributed by atoms with Crippen molar-refractivity contribution in [1.29, 1.82) is 10.5 Å². The molecule has 3 aromatic rings. The summed E-state index contributed by atoms with van der Waals surface area (Å²) in [6.07, 6.45) is 5.56. The molecule has 0 spiro atoms. The van der Waals surface area contributed by atoms with Crippen molar-refractivity contribution in [3.8, 4) is 23.4 Å². The highest BCUT2D eigenvalue weighted by atomic mass is 15.1. The average Bonchev–Trinajstić information content (AvgIpc) is 3.15. The first-order valence-corrected chi connectivity index (χ1v) is 8.54. The van der Waals surface area contributed by atoms with E-state index in [1.807, 2.05) is 18.3 Å². The maximum atomic E-state index is 9.40. The van der Waals surface area contributed by atoms with Crippen LogP contribution < -0.4 is 10.6 Å². The normalized spacial score (nSPS) is 16.8. The first kappa shape index (κ1) is 16.1. The Morgan fingerprint density at radius 2 is 2.19 bits per heavy atom. The molecule has 1 aliphatic heterocycles. The second-order valence-corrected chi connectivity index (χ2v) is 6.30. The molecule has 0 aliphatic carbocycles. The summed E-state index contributed by atoms with van der Waals surface area (Å²) in [5.41, 5.74) is 3.15. The van der Waals surface area contributed by atoms with Gasteiger partial charge in [-0.2, -0.15) is 10.5 Å². The Balaban J connectivity index is 1.78. The van der Waals surface area contributed by atoms with E-state index in [1.165, 1.54) is 0 Å². The van der Waals surface area contributed by atoms with E-state index in [0.717, 1.165) is 31.5 Å². The summed E-state index contributed by atoms with van der Waals surface area (Å²) in [5, 5.41) is 25.3. The highest BCUT2D eigenvalue weighted by Crippen LogP contribution is 2.24. The fourth-order valence-electron chi connectivity index (χ4n) is 3.22. The van der Waals surface area contributed by atoms with Crippen molar-refractivity contribution >= 4 is 11.5 Å². The van der Waals surface area contributed by atoms with Crippen molar-refractivity contribution in [2.75, 3.05) is 18.4 Å². The number of hydrogen-bond acceptors (Lipinski definition) is 6. The third kappa shape index (κ3) is 2.97. The quantitative estimate of drug-likeness (QED) is 0.756. The molecular weight excluding hydrogens is 326 g/mol. The molecule has 7 heteroatoms. The van der Waals surface area contributed by atoms with E-state index < -0.39 is 0 Å². The number of rotatable bonds is 3. The second kappa shape index (κ2) is 6.83. The Morgan fingerprint density at radius 1 is 1.27 bits per heavy atom. The topological polar surface area (TPSA) is 102 Å². The molecule has 128 valence electrons. The lowest BCUT2D eigenvalue weighted by molar-refractivity contribution is 0.479. The molecule has 2 aromatic heterocycles. The van der Waals surface area contributed by atoms with Gasteiger partial charge in [-0.3, -0.25) is 4.40 Å². The number of benzene rings is 1. The van der Waals surface area contributed by atoms with Gasteiger partial charge in [0.05, 0.1) is 23.5 Å². The molecule has 0 bridgehead atoms. The first-order chi connectivity index (χ1) is 12.8. The molecular formula is C19H17N7. The van der Waals surface area contributed by atoms with Crippen LogP contribution in [0.2, 0.25) is 0 Å². The molecule has 1 aliphatic rings. The van der Waals surface area contributed by atoms with Crippen LogP contribution in [-0.4, -0.2) is 33.5 Å². The Kier molecular flexibility index (Phi) is 4.22. The number of nitrogens with zero attached hydrogens (tertiary/aromatic N) is 5. The molecule has 1 aromatic carbocycles. The van der Waals surface area contributed by atoms with E-state index in [1.54, 1.807) is 22.7 Å². The number of aromatic nitrogens is 3. The molecule has 1 fully saturated rings. The monoisotopic (exact) mass is 343 g/mol. The fraction of sp³-hybridized carbons (Fsp3) is 0.263. The molecule has 1 saturated heterocycles. The van der Waals surface area contributed by atoms with Crippen molar-refractivity contribution in [1.82, 2.24) is 19.7 Å². The van der Waals surface area contributed by atoms with E-state index in [-0.39, 0.29) is 6.04 Å². The number of nitriles is 2. The highest BCUT2D eigenvalue weighted by molar-refractivity contribution is 5.71. The fourth-order valence-corrected chi connectivity index (χ4v) is 3.22. The smallest absolute Gasteiger partial charge is 0.181 e. The van der Waals surface area contributed by atoms with Crippen molar-refractivity contribution in [3.63, 3.8) is 0 Å². The lowest BCUT2D eigenvalue weighted by atomic mass is 10.1. The molecule has 26 heavy (non-hydrogen) atoms. The second-order valence-electron chi connectivity index (χ2n) is 6.30. The van der Waals surface area contributed by atoms with Crippen molar-refractivity contribution in [2.24, 2.45) is 0 Å². The van der Waals surface area contributed by atoms with E-state index in [2.05, 4.69) is 32.7 Å². The van der Waals surface area contributed by atoms with Gasteiger partial charge in [0.2, 0.25) is 0 Å². The van der Waals surface area contributed by atoms with Crippen molar-refractivity contribution in [2.45, 2.75) is 18.9 Å². The molecule has 0 radical (unpaired) electrons. The maximum Gasteiger partial charge on any atom is 0.181 e. The van der Waals surface area contributed by atoms with E-state index in [9.17, 15) is 5.26 Å². The molecule has 4 rings (SSSR count). The minimum Gasteiger partial charge on any atom is -0.363 e. The van der Waals surface area contributed by atoms with Crippen molar-refractivity contribution < 1.29 is 0 Å². The number of nitrogens with one attached hydrogen (secondary N) is 2. The van der Waals surface area contributed by atoms with Crippen molar-refractivity contribution in [3.05, 3.63) is 47.9 Å². The molecule has 7 nitrogen and oxygen atoms in total. The Morgan fingerprint density at radius 3 is 2.96 bits per heavy atom. The zero-order valence-corrected chi connectivity index (χ0v) is 14.1. The van der Waals surface area contributed by atoms with Crippen LogP contribution in [-0.2, 0) is 0 Å². The van der Waals surface area contributed by atoms with Crippen LogP contribution in [0.15, 0.2) is 36.7 Å². The summed E-state index contributed by atoms with van der Waals surface area (Å²) in [4.78, 5) is 9.10. The van der Waals surface area contributed by atoms with Crippen LogP contribution in [0.4, 0.5) is 5.82 Å². The summed E-state index contributed by atoms with van der Waals surface area (Å²) < 4.78 is 1.75. The standard InChI is InChI=1S/C19H17N7/c20-8-13-3-1-4-14(7-13)17-12-26-16(9-21)11-23-18(19(26)25-17)24-15-5-2-6-22-10-15/h1,3-4,7,11-12,15,22H,2,5-6,10H2,(H,23,24). The Labute approximate surface area is 150 Å². The highest BCUT2D eigenvalue weighted by Gasteiger charge is 2.17. The number of hydrogen-bond donors (Lipinski definition) is 2. The van der Waals surface area contributed by atoms with Gasteiger partial charge in [-0.25, -0.2) is 9.97 Å². The molecule has 1 unspecified atom stereocenters. The first-order valence-electron chi connectivity index (χ1n) is 8.54. The minimum absolute atomic E-state index is 0.287. The van der Waals surface area contributed by atoms with E-state index in [4.69, 9.17) is 5.26 Å². The van der Waals surface area contributed by atoms with Crippen LogP contribution in [0.1, 0.15) is 24.1 Å². The third-order valence-electron chi connectivity index (χ3n) is 4.53. The summed E-state index contributed by atoms with van der Waals surface area (Å²) in [5.74, 6) is 0.667. The van der Waals surface area contributed by atoms with Crippen LogP contribution >= 0.6 is 0 Å². The predicted octanol–water partition coefficient (Wildman–Crippen LogP) is 2.30. The summed E-state index contributed by atoms with van der Waals surface area (Å²) in [6, 6.07) is 11.9. The zero-order chi connectivity index (χ0) is 17.9. The molecule has 3 heterocycles. The minimum atomic E-state index is 0.287. The summed E-state index contributed by atoms with van der Waals surface area (Å²) in [6.45, 7) is 1.92. The van der Waals surface area contributed by atoms with Gasteiger partial charge in [-0.05, 0) is 31.5 Å². The molecule has 2 N–H and O–H groups in total. The van der Waals surface area contributed by atoms with Gasteiger partial charge in [0.1, 0.15) is 11.8 Å². The SMILES string of the molecule is N#Cc1cccc(-c2cn3c(C#N)cnc(NC4CCCNC4)c3n2)c1. The number of fused-ring (bicyclic) bond motifs is 1. The Bertz CT molecular complexity index is 1030. The lowest BCUT2D eigenvalue weighted by Gasteiger charge is -2.24. The number of piperidine rings is 1. The van der Waals surface area contributed by atoms with Gasteiger partial charge in [0.15, 0.2) is 11.5 Å². The summed E-state index contributed by atoms with van der Waals surface area (Å²) in [7, 11) is 0. The van der Waals surface area contributed by atoms with Gasteiger partial charge in [0, 0.05) is 24.3 Å². The van der Waals surface area contributed by atoms with E-state index in [0.29, 0.717) is 28.4 Å². The van der Waals surface area contributed by atoms with Gasteiger partial charge in [-0.15, -0.1) is 0 Å². The summed E-state index contributed by atoms with van der Waals surface area (Å²) >= 11 is 0. The van der Waals surface area contributed by atoms with Gasteiger partial charge in [-0.1, -0.05) is 12.1 Å². The van der Waals surface area contributed by atoms with E-state index >= 15 is 0 Å². The average molecular weight is 343 g/mol. The largest absolute Gasteiger partial charge is 0.363 e. The molecule has 1 atom stereocenters. The van der Waals surface area contributed by atoms with Gasteiger partial charge >= 0.3 is 0 Å². The zero-order valence-electron chi connectivity index (χ0n) is 14.1. The van der Waals surface area contributed by atoms with Crippen LogP contribution in [0, 0.1) is 22.7 Å². The Hall–Kier alpha value is -3.42. The lowest BCUT2D eigenvalue weighted by Crippen LogP contribution is -2.38. The van der Waals surface area contributed by atoms with Gasteiger partial charge in [0.25, 0.3) is 0 Å². The number of imidazole rings is 1. The third-order valence-corrected chi connectivity index (χ3v) is 4.53. The maximum absolute atomic E-state index is 9.40. The van der Waals surface area contributed by atoms with Crippen LogP contribution in [0.5, 0.6) is 0 Å². The predicted molar refractivity (Wildman–Crippen MR) is 97.4 cm³/mol. The van der Waals surface area contributed by atoms with Crippen LogP contribution in [0.3, 0.4) is 0 Å². The number of anilines is 1. The van der Waals surface area contributed by atoms with Crippen LogP contribution in [0.25, 0.3) is 16.9 Å². The molecule has 0 saturated carbocycles. The van der Waals surface area contributed by atoms with Gasteiger partial charge < -0.3 is 10.6 Å². The molecule has 0 amide bonds.